The molecule has 0 saturated carbocycles. The van der Waals surface area contributed by atoms with Crippen LogP contribution in [-0.4, -0.2) is 23.0 Å². The van der Waals surface area contributed by atoms with Crippen molar-refractivity contribution in [3.63, 3.8) is 0 Å². The van der Waals surface area contributed by atoms with E-state index in [1.165, 1.54) is 16.2 Å². The Labute approximate surface area is 228 Å². The molecular weight excluding hydrogens is 504 g/mol. The molecule has 2 amide bonds. The van der Waals surface area contributed by atoms with Gasteiger partial charge in [0.25, 0.3) is 0 Å². The number of amides is 2. The number of carbonyl (C=O) groups is 2. The topological polar surface area (TPSA) is 74.7 Å². The van der Waals surface area contributed by atoms with Gasteiger partial charge in [-0.2, -0.15) is 5.10 Å². The lowest BCUT2D eigenvalue weighted by atomic mass is 9.47. The summed E-state index contributed by atoms with van der Waals surface area (Å²) in [5, 5.41) is 5.41. The monoisotopic (exact) mass is 526 g/mol. The van der Waals surface area contributed by atoms with E-state index in [-0.39, 0.29) is 17.7 Å². The minimum absolute atomic E-state index is 0.151. The third-order valence-corrected chi connectivity index (χ3v) is 9.36. The molecule has 0 radical (unpaired) electrons. The first-order valence-electron chi connectivity index (χ1n) is 13.0. The normalized spacial score (nSPS) is 24.7. The molecule has 2 bridgehead atoms. The van der Waals surface area contributed by atoms with Crippen molar-refractivity contribution in [3.8, 4) is 0 Å². The molecule has 39 heavy (non-hydrogen) atoms. The van der Waals surface area contributed by atoms with Gasteiger partial charge in [0, 0.05) is 12.1 Å². The highest BCUT2D eigenvalue weighted by molar-refractivity contribution is 7.22. The number of nitrogens with zero attached hydrogens (tertiary/aromatic N) is 3. The Hall–Kier alpha value is -4.62. The van der Waals surface area contributed by atoms with Crippen LogP contribution in [-0.2, 0) is 15.0 Å². The van der Waals surface area contributed by atoms with Crippen LogP contribution in [0.4, 0.5) is 10.8 Å². The molecule has 1 aromatic heterocycles. The molecule has 0 unspecified atom stereocenters. The first-order valence-corrected chi connectivity index (χ1v) is 13.8. The zero-order valence-electron chi connectivity index (χ0n) is 20.7. The van der Waals surface area contributed by atoms with Crippen LogP contribution < -0.4 is 10.3 Å². The fraction of sp³-hybridized carbons (Fsp3) is 0.125. The molecule has 4 aromatic carbocycles. The number of para-hydroxylation sites is 2. The molecular formula is C32H22N4O2S. The summed E-state index contributed by atoms with van der Waals surface area (Å²) in [7, 11) is 0. The molecule has 1 N–H and O–H groups in total. The van der Waals surface area contributed by atoms with Crippen LogP contribution >= 0.6 is 11.3 Å². The van der Waals surface area contributed by atoms with E-state index in [1.807, 2.05) is 85.1 Å². The van der Waals surface area contributed by atoms with Crippen LogP contribution in [0.5, 0.6) is 0 Å². The Kier molecular flexibility index (Phi) is 4.70. The first-order chi connectivity index (χ1) is 19.2. The molecule has 1 saturated heterocycles. The SMILES string of the molecule is O=C1[C@@H]2[C@@H](C(=O)N1c1ccccc1)C1c3ccccc3C2(/C=N\Nc2nc3ccccc3s2)c2ccccc21. The Morgan fingerprint density at radius 2 is 1.44 bits per heavy atom. The molecule has 2 atom stereocenters. The summed E-state index contributed by atoms with van der Waals surface area (Å²) < 4.78 is 1.07. The van der Waals surface area contributed by atoms with Crippen LogP contribution in [0.3, 0.4) is 0 Å². The van der Waals surface area contributed by atoms with Gasteiger partial charge in [-0.05, 0) is 46.5 Å². The standard InChI is InChI=1S/C32H22N4O2S/c37-29-27-26-20-12-4-6-14-22(20)32(23-15-7-5-13-21(23)26,28(27)30(38)36(29)19-10-2-1-3-11-19)18-33-35-31-34-24-16-8-9-17-25(24)39-31/h1-18,26-28H,(H,34,35)/b33-18-/t26?,27-,28-,32?/m0/s1. The van der Waals surface area contributed by atoms with Crippen molar-refractivity contribution in [2.75, 3.05) is 10.3 Å². The average molecular weight is 527 g/mol. The van der Waals surface area contributed by atoms with Crippen LogP contribution in [0.15, 0.2) is 108 Å². The molecule has 4 aliphatic rings. The van der Waals surface area contributed by atoms with Crippen LogP contribution in [0.25, 0.3) is 10.2 Å². The van der Waals surface area contributed by atoms with E-state index in [0.717, 1.165) is 32.5 Å². The number of aromatic nitrogens is 1. The number of hydrogen-bond donors (Lipinski definition) is 1. The fourth-order valence-corrected chi connectivity index (χ4v) is 7.81. The summed E-state index contributed by atoms with van der Waals surface area (Å²) in [6.07, 6.45) is 1.85. The van der Waals surface area contributed by atoms with Gasteiger partial charge in [-0.15, -0.1) is 0 Å². The van der Waals surface area contributed by atoms with Crippen molar-refractivity contribution in [2.45, 2.75) is 11.3 Å². The number of nitrogens with one attached hydrogen (secondary N) is 1. The Balaban J connectivity index is 1.32. The van der Waals surface area contributed by atoms with Gasteiger partial charge in [0.1, 0.15) is 0 Å². The molecule has 9 rings (SSSR count). The second-order valence-electron chi connectivity index (χ2n) is 10.2. The quantitative estimate of drug-likeness (QED) is 0.179. The van der Waals surface area contributed by atoms with E-state index in [4.69, 9.17) is 5.10 Å². The van der Waals surface area contributed by atoms with Crippen molar-refractivity contribution in [1.82, 2.24) is 4.98 Å². The molecule has 1 aliphatic heterocycles. The van der Waals surface area contributed by atoms with Crippen molar-refractivity contribution < 1.29 is 9.59 Å². The first kappa shape index (κ1) is 22.4. The summed E-state index contributed by atoms with van der Waals surface area (Å²) in [4.78, 5) is 34.5. The molecule has 3 aliphatic carbocycles. The molecule has 7 heteroatoms. The predicted octanol–water partition coefficient (Wildman–Crippen LogP) is 5.95. The molecule has 6 nitrogen and oxygen atoms in total. The minimum atomic E-state index is -0.910. The number of anilines is 2. The Morgan fingerprint density at radius 1 is 0.795 bits per heavy atom. The summed E-state index contributed by atoms with van der Waals surface area (Å²) in [6.45, 7) is 0. The van der Waals surface area contributed by atoms with Gasteiger partial charge in [0.2, 0.25) is 16.9 Å². The van der Waals surface area contributed by atoms with Crippen molar-refractivity contribution >= 4 is 50.4 Å². The Bertz CT molecular complexity index is 1750. The van der Waals surface area contributed by atoms with Gasteiger partial charge in [-0.3, -0.25) is 15.0 Å². The van der Waals surface area contributed by atoms with Gasteiger partial charge in [0.15, 0.2) is 0 Å². The highest BCUT2D eigenvalue weighted by Gasteiger charge is 2.68. The van der Waals surface area contributed by atoms with Gasteiger partial charge < -0.3 is 0 Å². The second-order valence-corrected chi connectivity index (χ2v) is 11.3. The maximum Gasteiger partial charge on any atom is 0.239 e. The molecule has 188 valence electrons. The van der Waals surface area contributed by atoms with Crippen molar-refractivity contribution in [1.29, 1.82) is 0 Å². The number of hydrogen-bond acceptors (Lipinski definition) is 6. The van der Waals surface area contributed by atoms with Gasteiger partial charge in [0.05, 0.1) is 33.2 Å². The lowest BCUT2D eigenvalue weighted by Crippen LogP contribution is -2.54. The lowest BCUT2D eigenvalue weighted by Gasteiger charge is -2.52. The molecule has 0 spiro atoms. The number of hydrazone groups is 1. The fourth-order valence-electron chi connectivity index (χ4n) is 6.99. The molecule has 1 fully saturated rings. The van der Waals surface area contributed by atoms with E-state index >= 15 is 0 Å². The van der Waals surface area contributed by atoms with Gasteiger partial charge in [-0.25, -0.2) is 9.88 Å². The van der Waals surface area contributed by atoms with Crippen LogP contribution in [0.1, 0.15) is 28.2 Å². The van der Waals surface area contributed by atoms with Crippen molar-refractivity contribution in [3.05, 3.63) is 125 Å². The zero-order chi connectivity index (χ0) is 26.1. The molecule has 5 aromatic rings. The number of fused-ring (bicyclic) bond motifs is 1. The molecule has 2 heterocycles. The smallest absolute Gasteiger partial charge is 0.239 e. The number of carbonyl (C=O) groups excluding carboxylic acids is 2. The summed E-state index contributed by atoms with van der Waals surface area (Å²) in [6, 6.07) is 33.6. The van der Waals surface area contributed by atoms with E-state index in [9.17, 15) is 9.59 Å². The number of benzene rings is 4. The summed E-state index contributed by atoms with van der Waals surface area (Å²) >= 11 is 1.52. The van der Waals surface area contributed by atoms with Crippen LogP contribution in [0, 0.1) is 11.8 Å². The summed E-state index contributed by atoms with van der Waals surface area (Å²) in [5.41, 5.74) is 7.96. The highest BCUT2D eigenvalue weighted by atomic mass is 32.1. The van der Waals surface area contributed by atoms with E-state index in [2.05, 4.69) is 34.7 Å². The maximum atomic E-state index is 14.3. The number of imide groups is 1. The van der Waals surface area contributed by atoms with Gasteiger partial charge >= 0.3 is 0 Å². The zero-order valence-corrected chi connectivity index (χ0v) is 21.5. The predicted molar refractivity (Wildman–Crippen MR) is 153 cm³/mol. The largest absolute Gasteiger partial charge is 0.274 e. The highest BCUT2D eigenvalue weighted by Crippen LogP contribution is 2.63. The number of rotatable bonds is 4. The average Bonchev–Trinajstić information content (AvgIpc) is 3.52. The van der Waals surface area contributed by atoms with E-state index in [0.29, 0.717) is 10.8 Å². The second kappa shape index (κ2) is 8.19. The van der Waals surface area contributed by atoms with E-state index < -0.39 is 17.3 Å². The third kappa shape index (κ3) is 2.96. The van der Waals surface area contributed by atoms with E-state index in [1.54, 1.807) is 0 Å². The summed E-state index contributed by atoms with van der Waals surface area (Å²) in [5.74, 6) is -1.66. The Morgan fingerprint density at radius 3 is 2.15 bits per heavy atom. The maximum absolute atomic E-state index is 14.3. The van der Waals surface area contributed by atoms with Crippen molar-refractivity contribution in [2.24, 2.45) is 16.9 Å². The third-order valence-electron chi connectivity index (χ3n) is 8.42. The number of thiazole rings is 1. The lowest BCUT2D eigenvalue weighted by molar-refractivity contribution is -0.122. The van der Waals surface area contributed by atoms with Crippen LogP contribution in [0.2, 0.25) is 0 Å². The van der Waals surface area contributed by atoms with Gasteiger partial charge in [-0.1, -0.05) is 90.2 Å². The minimum Gasteiger partial charge on any atom is -0.274 e.